The number of carboxylic acid groups (broad SMARTS) is 1. The van der Waals surface area contributed by atoms with Gasteiger partial charge in [0.05, 0.1) is 13.1 Å². The summed E-state index contributed by atoms with van der Waals surface area (Å²) < 4.78 is 9.71. The predicted molar refractivity (Wildman–Crippen MR) is 61.5 cm³/mol. The molecule has 0 aromatic carbocycles. The van der Waals surface area contributed by atoms with Gasteiger partial charge in [-0.1, -0.05) is 12.7 Å². The second-order valence-corrected chi connectivity index (χ2v) is 4.48. The molecule has 2 aliphatic heterocycles. The van der Waals surface area contributed by atoms with Crippen molar-refractivity contribution in [3.05, 3.63) is 12.7 Å². The van der Waals surface area contributed by atoms with Crippen molar-refractivity contribution in [2.45, 2.75) is 5.54 Å². The molecule has 0 aliphatic carbocycles. The van der Waals surface area contributed by atoms with E-state index in [2.05, 4.69) is 6.58 Å². The van der Waals surface area contributed by atoms with Crippen LogP contribution in [0.5, 0.6) is 0 Å². The molecule has 1 N–H and O–H groups in total. The first-order valence-corrected chi connectivity index (χ1v) is 5.67. The van der Waals surface area contributed by atoms with Gasteiger partial charge in [0.2, 0.25) is 0 Å². The standard InChI is InChI=1S/C11H14N2O6/c1-2-3-18-9(16)12-5-11(6-12)7-19-10(17)13(11)4-8(14)15/h2H,1,3-7H2,(H,14,15). The highest BCUT2D eigenvalue weighted by molar-refractivity contribution is 5.80. The number of amides is 2. The van der Waals surface area contributed by atoms with E-state index in [1.807, 2.05) is 0 Å². The molecule has 0 unspecified atom stereocenters. The van der Waals surface area contributed by atoms with E-state index in [0.717, 1.165) is 4.90 Å². The molecular formula is C11H14N2O6. The van der Waals surface area contributed by atoms with Gasteiger partial charge in [0, 0.05) is 0 Å². The zero-order valence-electron chi connectivity index (χ0n) is 10.2. The van der Waals surface area contributed by atoms with Crippen molar-refractivity contribution in [1.82, 2.24) is 9.80 Å². The van der Waals surface area contributed by atoms with Crippen molar-refractivity contribution < 1.29 is 29.0 Å². The van der Waals surface area contributed by atoms with Gasteiger partial charge in [-0.25, -0.2) is 9.59 Å². The summed E-state index contributed by atoms with van der Waals surface area (Å²) in [6.07, 6.45) is 0.272. The summed E-state index contributed by atoms with van der Waals surface area (Å²) >= 11 is 0. The van der Waals surface area contributed by atoms with E-state index in [0.29, 0.717) is 0 Å². The minimum absolute atomic E-state index is 0.0877. The van der Waals surface area contributed by atoms with E-state index in [1.165, 1.54) is 11.0 Å². The van der Waals surface area contributed by atoms with Gasteiger partial charge in [-0.2, -0.15) is 0 Å². The van der Waals surface area contributed by atoms with Crippen molar-refractivity contribution in [2.24, 2.45) is 0 Å². The Labute approximate surface area is 109 Å². The van der Waals surface area contributed by atoms with Crippen molar-refractivity contribution >= 4 is 18.2 Å². The van der Waals surface area contributed by atoms with Crippen LogP contribution in [0.2, 0.25) is 0 Å². The van der Waals surface area contributed by atoms with Gasteiger partial charge in [0.25, 0.3) is 0 Å². The van der Waals surface area contributed by atoms with Gasteiger partial charge in [0.15, 0.2) is 0 Å². The molecule has 2 aliphatic rings. The minimum atomic E-state index is -1.12. The largest absolute Gasteiger partial charge is 0.480 e. The Hall–Kier alpha value is -2.25. The summed E-state index contributed by atoms with van der Waals surface area (Å²) in [5, 5.41) is 8.77. The molecule has 0 aromatic heterocycles. The third-order valence-electron chi connectivity index (χ3n) is 3.10. The molecule has 19 heavy (non-hydrogen) atoms. The predicted octanol–water partition coefficient (Wildman–Crippen LogP) is -0.0998. The smallest absolute Gasteiger partial charge is 0.411 e. The number of ether oxygens (including phenoxy) is 2. The first-order chi connectivity index (χ1) is 8.98. The molecule has 2 amide bonds. The van der Waals surface area contributed by atoms with E-state index in [4.69, 9.17) is 14.6 Å². The molecule has 2 fully saturated rings. The first kappa shape index (κ1) is 13.2. The summed E-state index contributed by atoms with van der Waals surface area (Å²) in [5.41, 5.74) is -0.733. The molecule has 0 atom stereocenters. The molecule has 104 valence electrons. The minimum Gasteiger partial charge on any atom is -0.480 e. The number of nitrogens with zero attached hydrogens (tertiary/aromatic N) is 2. The van der Waals surface area contributed by atoms with E-state index in [1.54, 1.807) is 0 Å². The van der Waals surface area contributed by atoms with Crippen LogP contribution < -0.4 is 0 Å². The summed E-state index contributed by atoms with van der Waals surface area (Å²) in [4.78, 5) is 36.2. The van der Waals surface area contributed by atoms with Crippen LogP contribution in [0, 0.1) is 0 Å². The number of hydrogen-bond donors (Lipinski definition) is 1. The maximum atomic E-state index is 11.5. The molecule has 2 rings (SSSR count). The zero-order chi connectivity index (χ0) is 14.0. The fourth-order valence-corrected chi connectivity index (χ4v) is 2.19. The van der Waals surface area contributed by atoms with Crippen LogP contribution in [0.15, 0.2) is 12.7 Å². The summed E-state index contributed by atoms with van der Waals surface area (Å²) in [6.45, 7) is 3.61. The first-order valence-electron chi connectivity index (χ1n) is 5.67. The third kappa shape index (κ3) is 2.33. The van der Waals surface area contributed by atoms with E-state index in [-0.39, 0.29) is 26.3 Å². The average molecular weight is 270 g/mol. The molecule has 0 saturated carbocycles. The fourth-order valence-electron chi connectivity index (χ4n) is 2.19. The maximum Gasteiger partial charge on any atom is 0.411 e. The monoisotopic (exact) mass is 270 g/mol. The lowest BCUT2D eigenvalue weighted by Crippen LogP contribution is -2.71. The summed E-state index contributed by atoms with van der Waals surface area (Å²) in [6, 6.07) is 0. The lowest BCUT2D eigenvalue weighted by Gasteiger charge is -2.48. The quantitative estimate of drug-likeness (QED) is 0.716. The number of hydrogen-bond acceptors (Lipinski definition) is 5. The van der Waals surface area contributed by atoms with Crippen molar-refractivity contribution in [2.75, 3.05) is 32.8 Å². The Bertz CT molecular complexity index is 429. The SMILES string of the molecule is C=CCOC(=O)N1CC2(COC(=O)N2CC(=O)O)C1. The van der Waals surface area contributed by atoms with Crippen molar-refractivity contribution in [1.29, 1.82) is 0 Å². The number of carbonyl (C=O) groups excluding carboxylic acids is 2. The van der Waals surface area contributed by atoms with Crippen LogP contribution in [0.3, 0.4) is 0 Å². The number of aliphatic carboxylic acids is 1. The average Bonchev–Trinajstić information content (AvgIpc) is 2.62. The highest BCUT2D eigenvalue weighted by Crippen LogP contribution is 2.33. The molecule has 1 spiro atoms. The fraction of sp³-hybridized carbons (Fsp3) is 0.545. The molecule has 0 aromatic rings. The number of likely N-dealkylation sites (tertiary alicyclic amines) is 1. The lowest BCUT2D eigenvalue weighted by atomic mass is 9.90. The molecule has 8 heteroatoms. The molecular weight excluding hydrogens is 256 g/mol. The highest BCUT2D eigenvalue weighted by Gasteiger charge is 2.57. The zero-order valence-corrected chi connectivity index (χ0v) is 10.2. The van der Waals surface area contributed by atoms with Crippen molar-refractivity contribution in [3.8, 4) is 0 Å². The highest BCUT2D eigenvalue weighted by atomic mass is 16.6. The van der Waals surface area contributed by atoms with Gasteiger partial charge in [-0.15, -0.1) is 0 Å². The second kappa shape index (κ2) is 4.79. The van der Waals surface area contributed by atoms with E-state index >= 15 is 0 Å². The van der Waals surface area contributed by atoms with E-state index in [9.17, 15) is 14.4 Å². The van der Waals surface area contributed by atoms with Crippen LogP contribution in [0.4, 0.5) is 9.59 Å². The molecule has 0 bridgehead atoms. The summed E-state index contributed by atoms with van der Waals surface area (Å²) in [5.74, 6) is -1.12. The van der Waals surface area contributed by atoms with Crippen LogP contribution in [-0.4, -0.2) is 71.4 Å². The topological polar surface area (TPSA) is 96.4 Å². The number of carboxylic acids is 1. The van der Waals surface area contributed by atoms with Gasteiger partial charge < -0.3 is 19.5 Å². The Morgan fingerprint density at radius 1 is 1.53 bits per heavy atom. The van der Waals surface area contributed by atoms with Gasteiger partial charge in [-0.05, 0) is 0 Å². The normalized spacial score (nSPS) is 19.9. The Morgan fingerprint density at radius 2 is 2.21 bits per heavy atom. The van der Waals surface area contributed by atoms with Crippen LogP contribution in [-0.2, 0) is 14.3 Å². The van der Waals surface area contributed by atoms with Gasteiger partial charge in [-0.3, -0.25) is 9.69 Å². The molecule has 8 nitrogen and oxygen atoms in total. The Balaban J connectivity index is 1.95. The van der Waals surface area contributed by atoms with E-state index < -0.39 is 30.2 Å². The number of cyclic esters (lactones) is 1. The Morgan fingerprint density at radius 3 is 2.79 bits per heavy atom. The Kier molecular flexibility index (Phi) is 3.32. The van der Waals surface area contributed by atoms with Crippen LogP contribution >= 0.6 is 0 Å². The van der Waals surface area contributed by atoms with Gasteiger partial charge in [0.1, 0.15) is 25.3 Å². The van der Waals surface area contributed by atoms with Crippen LogP contribution in [0.1, 0.15) is 0 Å². The molecule has 2 saturated heterocycles. The number of rotatable bonds is 4. The van der Waals surface area contributed by atoms with Crippen LogP contribution in [0.25, 0.3) is 0 Å². The second-order valence-electron chi connectivity index (χ2n) is 4.48. The van der Waals surface area contributed by atoms with Gasteiger partial charge >= 0.3 is 18.2 Å². The summed E-state index contributed by atoms with van der Waals surface area (Å²) in [7, 11) is 0. The lowest BCUT2D eigenvalue weighted by molar-refractivity contribution is -0.139. The third-order valence-corrected chi connectivity index (χ3v) is 3.10. The van der Waals surface area contributed by atoms with Crippen molar-refractivity contribution in [3.63, 3.8) is 0 Å². The molecule has 2 heterocycles. The maximum absolute atomic E-state index is 11.5. The number of carbonyl (C=O) groups is 3. The molecule has 0 radical (unpaired) electrons.